The molecule has 0 saturated carbocycles. The number of rotatable bonds is 7. The van der Waals surface area contributed by atoms with Gasteiger partial charge in [-0.25, -0.2) is 0 Å². The predicted octanol–water partition coefficient (Wildman–Crippen LogP) is 6.29. The maximum Gasteiger partial charge on any atom is 0.324 e. The first-order valence-electron chi connectivity index (χ1n) is 9.68. The second-order valence-corrected chi connectivity index (χ2v) is 8.06. The van der Waals surface area contributed by atoms with E-state index < -0.39 is 0 Å². The van der Waals surface area contributed by atoms with E-state index in [1.165, 1.54) is 5.56 Å². The van der Waals surface area contributed by atoms with Crippen LogP contribution in [0.1, 0.15) is 11.1 Å². The highest BCUT2D eigenvalue weighted by Gasteiger charge is 2.22. The number of hydrogen-bond acceptors (Lipinski definition) is 3. The van der Waals surface area contributed by atoms with Crippen molar-refractivity contribution in [2.75, 3.05) is 0 Å². The van der Waals surface area contributed by atoms with Crippen molar-refractivity contribution in [2.45, 2.75) is 17.4 Å². The van der Waals surface area contributed by atoms with Gasteiger partial charge in [-0.05, 0) is 29.0 Å². The lowest BCUT2D eigenvalue weighted by Crippen LogP contribution is -2.25. The number of ether oxygens (including phenoxy) is 1. The molecule has 0 aliphatic carbocycles. The maximum absolute atomic E-state index is 13.1. The van der Waals surface area contributed by atoms with E-state index in [1.54, 1.807) is 11.8 Å². The van der Waals surface area contributed by atoms with Gasteiger partial charge in [0.25, 0.3) is 0 Å². The molecule has 4 rings (SSSR count). The molecule has 4 aromatic rings. The van der Waals surface area contributed by atoms with Crippen molar-refractivity contribution >= 4 is 28.5 Å². The number of hydrogen-bond donors (Lipinski definition) is 0. The Morgan fingerprint density at radius 2 is 1.34 bits per heavy atom. The lowest BCUT2D eigenvalue weighted by atomic mass is 10.1. The van der Waals surface area contributed by atoms with Crippen LogP contribution < -0.4 is 4.74 Å². The van der Waals surface area contributed by atoms with Crippen LogP contribution in [0.5, 0.6) is 5.75 Å². The molecule has 0 aliphatic rings. The highest BCUT2D eigenvalue weighted by Crippen LogP contribution is 2.28. The fraction of sp³-hybridized carbons (Fsp3) is 0.115. The summed E-state index contributed by atoms with van der Waals surface area (Å²) in [6.07, 6.45) is 0.641. The van der Waals surface area contributed by atoms with E-state index in [9.17, 15) is 4.79 Å². The predicted molar refractivity (Wildman–Crippen MR) is 121 cm³/mol. The fourth-order valence-corrected chi connectivity index (χ4v) is 4.35. The third-order valence-corrected chi connectivity index (χ3v) is 6.04. The normalized spacial score (nSPS) is 11.9. The van der Waals surface area contributed by atoms with Crippen molar-refractivity contribution < 1.29 is 9.53 Å². The van der Waals surface area contributed by atoms with E-state index >= 15 is 0 Å². The van der Waals surface area contributed by atoms with E-state index in [0.717, 1.165) is 22.1 Å². The summed E-state index contributed by atoms with van der Waals surface area (Å²) in [5.74, 6) is 1.18. The van der Waals surface area contributed by atoms with Crippen molar-refractivity contribution in [1.29, 1.82) is 0 Å². The van der Waals surface area contributed by atoms with Crippen LogP contribution >= 0.6 is 11.8 Å². The SMILES string of the molecule is O=C(Oc1cccc2ccccc12)C(Cc1ccccc1)SCc1ccccc1. The molecule has 1 unspecified atom stereocenters. The van der Waals surface area contributed by atoms with Gasteiger partial charge < -0.3 is 4.74 Å². The number of fused-ring (bicyclic) bond motifs is 1. The van der Waals surface area contributed by atoms with Gasteiger partial charge >= 0.3 is 5.97 Å². The Kier molecular flexibility index (Phi) is 6.28. The van der Waals surface area contributed by atoms with Crippen LogP contribution in [0.4, 0.5) is 0 Å². The van der Waals surface area contributed by atoms with Crippen LogP contribution in [0.25, 0.3) is 10.8 Å². The van der Waals surface area contributed by atoms with Gasteiger partial charge in [-0.3, -0.25) is 4.79 Å². The topological polar surface area (TPSA) is 26.3 Å². The molecule has 0 amide bonds. The molecular weight excluding hydrogens is 376 g/mol. The van der Waals surface area contributed by atoms with Crippen LogP contribution in [0.15, 0.2) is 103 Å². The molecule has 2 nitrogen and oxygen atoms in total. The molecule has 0 bridgehead atoms. The Morgan fingerprint density at radius 3 is 2.10 bits per heavy atom. The summed E-state index contributed by atoms with van der Waals surface area (Å²) in [4.78, 5) is 13.1. The molecule has 0 spiro atoms. The summed E-state index contributed by atoms with van der Waals surface area (Å²) in [5.41, 5.74) is 2.33. The third-order valence-electron chi connectivity index (χ3n) is 4.78. The molecule has 0 saturated heterocycles. The number of benzene rings is 4. The molecule has 1 atom stereocenters. The summed E-state index contributed by atoms with van der Waals surface area (Å²) in [6, 6.07) is 34.1. The van der Waals surface area contributed by atoms with Crippen LogP contribution in [0.3, 0.4) is 0 Å². The fourth-order valence-electron chi connectivity index (χ4n) is 3.27. The average molecular weight is 399 g/mol. The Morgan fingerprint density at radius 1 is 0.724 bits per heavy atom. The lowest BCUT2D eigenvalue weighted by Gasteiger charge is -2.17. The first kappa shape index (κ1) is 19.3. The Hall–Kier alpha value is -3.04. The van der Waals surface area contributed by atoms with Crippen molar-refractivity contribution in [3.8, 4) is 5.75 Å². The highest BCUT2D eigenvalue weighted by molar-refractivity contribution is 7.99. The number of carbonyl (C=O) groups excluding carboxylic acids is 1. The zero-order valence-corrected chi connectivity index (χ0v) is 16.8. The van der Waals surface area contributed by atoms with Crippen LogP contribution in [-0.2, 0) is 17.0 Å². The summed E-state index contributed by atoms with van der Waals surface area (Å²) in [5, 5.41) is 1.74. The van der Waals surface area contributed by atoms with Crippen LogP contribution in [-0.4, -0.2) is 11.2 Å². The Bertz CT molecular complexity index is 1070. The Labute approximate surface area is 175 Å². The van der Waals surface area contributed by atoms with E-state index in [1.807, 2.05) is 78.9 Å². The largest absolute Gasteiger partial charge is 0.425 e. The second-order valence-electron chi connectivity index (χ2n) is 6.87. The zero-order chi connectivity index (χ0) is 19.9. The summed E-state index contributed by atoms with van der Waals surface area (Å²) in [6.45, 7) is 0. The minimum absolute atomic E-state index is 0.203. The maximum atomic E-state index is 13.1. The second kappa shape index (κ2) is 9.44. The number of esters is 1. The zero-order valence-electron chi connectivity index (χ0n) is 16.0. The molecule has 0 aromatic heterocycles. The van der Waals surface area contributed by atoms with Gasteiger partial charge in [0, 0.05) is 11.1 Å². The van der Waals surface area contributed by atoms with Crippen molar-refractivity contribution in [2.24, 2.45) is 0 Å². The number of carbonyl (C=O) groups is 1. The third kappa shape index (κ3) is 5.07. The molecule has 0 heterocycles. The molecule has 3 heteroatoms. The van der Waals surface area contributed by atoms with Gasteiger partial charge in [0.2, 0.25) is 0 Å². The minimum atomic E-state index is -0.281. The first-order valence-corrected chi connectivity index (χ1v) is 10.7. The summed E-state index contributed by atoms with van der Waals surface area (Å²) < 4.78 is 5.89. The molecular formula is C26H22O2S. The Balaban J connectivity index is 1.54. The van der Waals surface area contributed by atoms with Gasteiger partial charge in [0.05, 0.1) is 0 Å². The number of thioether (sulfide) groups is 1. The van der Waals surface area contributed by atoms with Gasteiger partial charge in [-0.15, -0.1) is 11.8 Å². The van der Waals surface area contributed by atoms with Crippen molar-refractivity contribution in [1.82, 2.24) is 0 Å². The van der Waals surface area contributed by atoms with E-state index in [4.69, 9.17) is 4.74 Å². The quantitative estimate of drug-likeness (QED) is 0.270. The van der Waals surface area contributed by atoms with Crippen molar-refractivity contribution in [3.05, 3.63) is 114 Å². The summed E-state index contributed by atoms with van der Waals surface area (Å²) in [7, 11) is 0. The monoisotopic (exact) mass is 398 g/mol. The molecule has 0 aliphatic heterocycles. The van der Waals surface area contributed by atoms with Crippen molar-refractivity contribution in [3.63, 3.8) is 0 Å². The standard InChI is InChI=1S/C26H22O2S/c27-26(28-24-17-9-15-22-14-7-8-16-23(22)24)25(18-20-10-3-1-4-11-20)29-19-21-12-5-2-6-13-21/h1-17,25H,18-19H2. The van der Waals surface area contributed by atoms with Crippen LogP contribution in [0.2, 0.25) is 0 Å². The highest BCUT2D eigenvalue weighted by atomic mass is 32.2. The average Bonchev–Trinajstić information content (AvgIpc) is 2.78. The van der Waals surface area contributed by atoms with E-state index in [0.29, 0.717) is 12.2 Å². The van der Waals surface area contributed by atoms with Gasteiger partial charge in [-0.1, -0.05) is 97.1 Å². The molecule has 0 radical (unpaired) electrons. The van der Waals surface area contributed by atoms with Crippen LogP contribution in [0, 0.1) is 0 Å². The molecule has 0 N–H and O–H groups in total. The minimum Gasteiger partial charge on any atom is -0.425 e. The summed E-state index contributed by atoms with van der Waals surface area (Å²) >= 11 is 1.63. The lowest BCUT2D eigenvalue weighted by molar-refractivity contribution is -0.133. The molecule has 4 aromatic carbocycles. The van der Waals surface area contributed by atoms with Gasteiger partial charge in [-0.2, -0.15) is 0 Å². The molecule has 0 fully saturated rings. The van der Waals surface area contributed by atoms with Gasteiger partial charge in [0.15, 0.2) is 0 Å². The van der Waals surface area contributed by atoms with Gasteiger partial charge in [0.1, 0.15) is 11.0 Å². The van der Waals surface area contributed by atoms with E-state index in [2.05, 4.69) is 24.3 Å². The first-order chi connectivity index (χ1) is 14.3. The van der Waals surface area contributed by atoms with E-state index in [-0.39, 0.29) is 11.2 Å². The molecule has 144 valence electrons. The molecule has 29 heavy (non-hydrogen) atoms. The smallest absolute Gasteiger partial charge is 0.324 e.